The molecule has 4 heteroatoms. The number of aromatic nitrogens is 2. The number of rotatable bonds is 5. The van der Waals surface area contributed by atoms with Crippen molar-refractivity contribution >= 4 is 0 Å². The molecule has 2 aromatic rings. The number of nitrogens with zero attached hydrogens (tertiary/aromatic N) is 2. The van der Waals surface area contributed by atoms with E-state index in [0.29, 0.717) is 0 Å². The van der Waals surface area contributed by atoms with E-state index in [0.717, 1.165) is 12.8 Å². The lowest BCUT2D eigenvalue weighted by molar-refractivity contribution is 0.521. The maximum absolute atomic E-state index is 5.58. The molecule has 2 heterocycles. The third kappa shape index (κ3) is 3.62. The van der Waals surface area contributed by atoms with Crippen molar-refractivity contribution < 1.29 is 0 Å². The van der Waals surface area contributed by atoms with Gasteiger partial charge in [0.15, 0.2) is 0 Å². The highest BCUT2D eigenvalue weighted by Gasteiger charge is 2.08. The molecule has 0 aromatic carbocycles. The van der Waals surface area contributed by atoms with E-state index in [1.54, 1.807) is 12.4 Å². The van der Waals surface area contributed by atoms with Crippen molar-refractivity contribution in [1.29, 1.82) is 0 Å². The highest BCUT2D eigenvalue weighted by molar-refractivity contribution is 5.14. The van der Waals surface area contributed by atoms with Crippen molar-refractivity contribution in [1.82, 2.24) is 15.4 Å². The minimum atomic E-state index is 0.198. The number of hydrogen-bond acceptors (Lipinski definition) is 4. The second kappa shape index (κ2) is 6.08. The van der Waals surface area contributed by atoms with E-state index in [2.05, 4.69) is 27.5 Å². The predicted molar refractivity (Wildman–Crippen MR) is 67.0 cm³/mol. The molecule has 0 unspecified atom stereocenters. The van der Waals surface area contributed by atoms with Gasteiger partial charge < -0.3 is 0 Å². The van der Waals surface area contributed by atoms with Gasteiger partial charge in [-0.3, -0.25) is 21.2 Å². The van der Waals surface area contributed by atoms with Gasteiger partial charge in [0, 0.05) is 30.8 Å². The van der Waals surface area contributed by atoms with Gasteiger partial charge in [0.1, 0.15) is 0 Å². The molecule has 0 saturated heterocycles. The fraction of sp³-hybridized carbons (Fsp3) is 0.231. The molecule has 2 aromatic heterocycles. The largest absolute Gasteiger partial charge is 0.271 e. The van der Waals surface area contributed by atoms with Crippen LogP contribution in [0.5, 0.6) is 0 Å². The lowest BCUT2D eigenvalue weighted by Gasteiger charge is -2.15. The molecule has 17 heavy (non-hydrogen) atoms. The van der Waals surface area contributed by atoms with E-state index in [9.17, 15) is 0 Å². The summed E-state index contributed by atoms with van der Waals surface area (Å²) >= 11 is 0. The van der Waals surface area contributed by atoms with Gasteiger partial charge in [0.2, 0.25) is 0 Å². The molecule has 0 fully saturated rings. The summed E-state index contributed by atoms with van der Waals surface area (Å²) < 4.78 is 0. The minimum Gasteiger partial charge on any atom is -0.271 e. The zero-order chi connectivity index (χ0) is 11.9. The lowest BCUT2D eigenvalue weighted by Crippen LogP contribution is -2.38. The van der Waals surface area contributed by atoms with Crippen molar-refractivity contribution in [2.45, 2.75) is 18.9 Å². The van der Waals surface area contributed by atoms with Crippen LogP contribution in [0.4, 0.5) is 0 Å². The van der Waals surface area contributed by atoms with E-state index in [1.165, 1.54) is 11.1 Å². The Morgan fingerprint density at radius 3 is 1.88 bits per heavy atom. The van der Waals surface area contributed by atoms with Gasteiger partial charge in [-0.15, -0.1) is 0 Å². The number of hydrogen-bond donors (Lipinski definition) is 2. The van der Waals surface area contributed by atoms with Crippen LogP contribution in [-0.4, -0.2) is 16.0 Å². The first-order valence-corrected chi connectivity index (χ1v) is 5.62. The average molecular weight is 228 g/mol. The summed E-state index contributed by atoms with van der Waals surface area (Å²) in [7, 11) is 0. The Hall–Kier alpha value is -1.78. The zero-order valence-electron chi connectivity index (χ0n) is 9.58. The third-order valence-corrected chi connectivity index (χ3v) is 2.65. The van der Waals surface area contributed by atoms with Crippen molar-refractivity contribution in [3.63, 3.8) is 0 Å². The highest BCUT2D eigenvalue weighted by atomic mass is 15.2. The molecule has 2 rings (SSSR count). The van der Waals surface area contributed by atoms with E-state index in [-0.39, 0.29) is 6.04 Å². The second-order valence-corrected chi connectivity index (χ2v) is 3.99. The molecule has 0 spiro atoms. The van der Waals surface area contributed by atoms with Gasteiger partial charge in [0.05, 0.1) is 0 Å². The molecule has 0 aliphatic rings. The first-order valence-electron chi connectivity index (χ1n) is 5.62. The van der Waals surface area contributed by atoms with Crippen LogP contribution in [0.2, 0.25) is 0 Å². The van der Waals surface area contributed by atoms with Gasteiger partial charge in [-0.25, -0.2) is 0 Å². The number of nitrogens with one attached hydrogen (secondary N) is 1. The summed E-state index contributed by atoms with van der Waals surface area (Å²) in [5, 5.41) is 0. The monoisotopic (exact) mass is 228 g/mol. The summed E-state index contributed by atoms with van der Waals surface area (Å²) in [6.45, 7) is 0. The topological polar surface area (TPSA) is 63.8 Å². The highest BCUT2D eigenvalue weighted by Crippen LogP contribution is 2.06. The maximum Gasteiger partial charge on any atom is 0.0300 e. The summed E-state index contributed by atoms with van der Waals surface area (Å²) in [5.74, 6) is 5.58. The van der Waals surface area contributed by atoms with Crippen LogP contribution in [0.15, 0.2) is 49.1 Å². The van der Waals surface area contributed by atoms with Gasteiger partial charge in [0.25, 0.3) is 0 Å². The number of nitrogens with two attached hydrogens (primary N) is 1. The zero-order valence-corrected chi connectivity index (χ0v) is 9.58. The quantitative estimate of drug-likeness (QED) is 0.594. The lowest BCUT2D eigenvalue weighted by atomic mass is 10.0. The first-order chi connectivity index (χ1) is 8.38. The predicted octanol–water partition coefficient (Wildman–Crippen LogP) is 1.09. The number of hydrazine groups is 1. The van der Waals surface area contributed by atoms with Crippen LogP contribution >= 0.6 is 0 Å². The number of pyridine rings is 2. The Kier molecular flexibility index (Phi) is 4.18. The van der Waals surface area contributed by atoms with Crippen molar-refractivity contribution in [3.05, 3.63) is 60.2 Å². The molecule has 4 nitrogen and oxygen atoms in total. The van der Waals surface area contributed by atoms with Crippen molar-refractivity contribution in [2.24, 2.45) is 5.84 Å². The summed E-state index contributed by atoms with van der Waals surface area (Å²) in [6, 6.07) is 8.18. The van der Waals surface area contributed by atoms with Crippen LogP contribution in [-0.2, 0) is 12.8 Å². The van der Waals surface area contributed by atoms with Crippen LogP contribution in [0.1, 0.15) is 11.1 Å². The Bertz CT molecular complexity index is 388. The van der Waals surface area contributed by atoms with E-state index in [4.69, 9.17) is 5.84 Å². The van der Waals surface area contributed by atoms with Gasteiger partial charge in [-0.2, -0.15) is 0 Å². The molecule has 0 saturated carbocycles. The first kappa shape index (κ1) is 11.7. The van der Waals surface area contributed by atoms with Crippen molar-refractivity contribution in [3.8, 4) is 0 Å². The molecular formula is C13H16N4. The van der Waals surface area contributed by atoms with Gasteiger partial charge in [-0.1, -0.05) is 12.1 Å². The van der Waals surface area contributed by atoms with Crippen LogP contribution in [0.25, 0.3) is 0 Å². The Morgan fingerprint density at radius 1 is 1.00 bits per heavy atom. The standard InChI is InChI=1S/C13H16N4/c14-17-13(7-11-3-1-5-15-9-11)8-12-4-2-6-16-10-12/h1-6,9-10,13,17H,7-8,14H2. The van der Waals surface area contributed by atoms with Gasteiger partial charge >= 0.3 is 0 Å². The molecule has 0 aliphatic heterocycles. The van der Waals surface area contributed by atoms with Crippen LogP contribution in [0, 0.1) is 0 Å². The molecule has 0 aliphatic carbocycles. The van der Waals surface area contributed by atoms with E-state index in [1.807, 2.05) is 24.5 Å². The summed E-state index contributed by atoms with van der Waals surface area (Å²) in [6.07, 6.45) is 9.00. The van der Waals surface area contributed by atoms with Crippen LogP contribution in [0.3, 0.4) is 0 Å². The smallest absolute Gasteiger partial charge is 0.0300 e. The molecule has 0 amide bonds. The minimum absolute atomic E-state index is 0.198. The summed E-state index contributed by atoms with van der Waals surface area (Å²) in [5.41, 5.74) is 5.20. The maximum atomic E-state index is 5.58. The fourth-order valence-corrected chi connectivity index (χ4v) is 1.80. The molecule has 3 N–H and O–H groups in total. The van der Waals surface area contributed by atoms with Gasteiger partial charge in [-0.05, 0) is 36.1 Å². The van der Waals surface area contributed by atoms with E-state index < -0.39 is 0 Å². The Morgan fingerprint density at radius 2 is 1.53 bits per heavy atom. The molecule has 0 atom stereocenters. The molecular weight excluding hydrogens is 212 g/mol. The fourth-order valence-electron chi connectivity index (χ4n) is 1.80. The third-order valence-electron chi connectivity index (χ3n) is 2.65. The molecule has 88 valence electrons. The Labute approximate surface area is 101 Å². The summed E-state index contributed by atoms with van der Waals surface area (Å²) in [4.78, 5) is 8.20. The second-order valence-electron chi connectivity index (χ2n) is 3.99. The SMILES string of the molecule is NNC(Cc1cccnc1)Cc1cccnc1. The average Bonchev–Trinajstić information content (AvgIpc) is 2.40. The molecule has 0 radical (unpaired) electrons. The van der Waals surface area contributed by atoms with E-state index >= 15 is 0 Å². The van der Waals surface area contributed by atoms with Crippen molar-refractivity contribution in [2.75, 3.05) is 0 Å². The normalized spacial score (nSPS) is 10.7. The Balaban J connectivity index is 1.98. The van der Waals surface area contributed by atoms with Crippen LogP contribution < -0.4 is 11.3 Å². The molecule has 0 bridgehead atoms.